The molecule has 3 heteroatoms. The Hall–Kier alpha value is -1.35. The third-order valence-electron chi connectivity index (χ3n) is 4.60. The minimum Gasteiger partial charge on any atom is -0.335 e. The molecule has 0 radical (unpaired) electrons. The van der Waals surface area contributed by atoms with Gasteiger partial charge in [0.05, 0.1) is 6.04 Å². The van der Waals surface area contributed by atoms with Gasteiger partial charge in [-0.15, -0.1) is 0 Å². The van der Waals surface area contributed by atoms with Crippen LogP contribution in [0.25, 0.3) is 0 Å². The van der Waals surface area contributed by atoms with Crippen LogP contribution in [-0.2, 0) is 4.79 Å². The van der Waals surface area contributed by atoms with E-state index in [0.717, 1.165) is 32.5 Å². The van der Waals surface area contributed by atoms with E-state index < -0.39 is 0 Å². The molecule has 1 aliphatic rings. The molecule has 1 aliphatic heterocycles. The average Bonchev–Trinajstić information content (AvgIpc) is 2.45. The van der Waals surface area contributed by atoms with Gasteiger partial charge in [-0.2, -0.15) is 0 Å². The average molecular weight is 288 g/mol. The van der Waals surface area contributed by atoms with Crippen LogP contribution in [0, 0.1) is 11.8 Å². The molecule has 0 spiro atoms. The molecule has 1 heterocycles. The lowest BCUT2D eigenvalue weighted by atomic mass is 9.87. The highest BCUT2D eigenvalue weighted by Crippen LogP contribution is 2.28. The standard InChI is InChI=1S/C18H28N2O/c1-4-11-20(18(21)14(3)16-12-19-13-16)17(5-2)15-9-7-6-8-10-15/h6-10,14,16-17,19H,4-5,11-13H2,1-3H3. The van der Waals surface area contributed by atoms with Crippen molar-refractivity contribution in [2.45, 2.75) is 39.7 Å². The lowest BCUT2D eigenvalue weighted by Gasteiger charge is -2.38. The van der Waals surface area contributed by atoms with E-state index in [-0.39, 0.29) is 12.0 Å². The fourth-order valence-electron chi connectivity index (χ4n) is 3.10. The van der Waals surface area contributed by atoms with E-state index in [1.165, 1.54) is 5.56 Å². The van der Waals surface area contributed by atoms with E-state index >= 15 is 0 Å². The van der Waals surface area contributed by atoms with Gasteiger partial charge in [-0.25, -0.2) is 0 Å². The molecular formula is C18H28N2O. The number of amides is 1. The predicted molar refractivity (Wildman–Crippen MR) is 87.0 cm³/mol. The van der Waals surface area contributed by atoms with Crippen LogP contribution in [0.5, 0.6) is 0 Å². The number of nitrogens with one attached hydrogen (secondary N) is 1. The predicted octanol–water partition coefficient (Wildman–Crippen LogP) is 3.23. The largest absolute Gasteiger partial charge is 0.335 e. The highest BCUT2D eigenvalue weighted by molar-refractivity contribution is 5.79. The first kappa shape index (κ1) is 16.0. The van der Waals surface area contributed by atoms with Crippen LogP contribution in [-0.4, -0.2) is 30.4 Å². The Kier molecular flexibility index (Phi) is 5.80. The normalized spacial score (nSPS) is 17.9. The maximum Gasteiger partial charge on any atom is 0.226 e. The summed E-state index contributed by atoms with van der Waals surface area (Å²) in [4.78, 5) is 15.0. The minimum atomic E-state index is 0.121. The van der Waals surface area contributed by atoms with Gasteiger partial charge in [0.2, 0.25) is 5.91 Å². The van der Waals surface area contributed by atoms with Gasteiger partial charge in [0.1, 0.15) is 0 Å². The molecular weight excluding hydrogens is 260 g/mol. The number of rotatable bonds is 7. The van der Waals surface area contributed by atoms with Crippen LogP contribution >= 0.6 is 0 Å². The zero-order chi connectivity index (χ0) is 15.2. The molecule has 2 rings (SSSR count). The van der Waals surface area contributed by atoms with Crippen molar-refractivity contribution in [3.05, 3.63) is 35.9 Å². The fraction of sp³-hybridized carbons (Fsp3) is 0.611. The Labute approximate surface area is 128 Å². The number of benzene rings is 1. The van der Waals surface area contributed by atoms with Crippen molar-refractivity contribution in [2.24, 2.45) is 11.8 Å². The Morgan fingerprint density at radius 2 is 1.95 bits per heavy atom. The first-order chi connectivity index (χ1) is 10.2. The zero-order valence-electron chi connectivity index (χ0n) is 13.5. The third kappa shape index (κ3) is 3.65. The Bertz CT molecular complexity index is 442. The van der Waals surface area contributed by atoms with Gasteiger partial charge in [0.25, 0.3) is 0 Å². The molecule has 21 heavy (non-hydrogen) atoms. The van der Waals surface area contributed by atoms with Crippen molar-refractivity contribution in [1.29, 1.82) is 0 Å². The smallest absolute Gasteiger partial charge is 0.226 e. The van der Waals surface area contributed by atoms with Gasteiger partial charge in [-0.3, -0.25) is 4.79 Å². The maximum absolute atomic E-state index is 12.9. The van der Waals surface area contributed by atoms with E-state index in [1.807, 2.05) is 6.07 Å². The summed E-state index contributed by atoms with van der Waals surface area (Å²) < 4.78 is 0. The van der Waals surface area contributed by atoms with Crippen LogP contribution in [0.4, 0.5) is 0 Å². The highest BCUT2D eigenvalue weighted by Gasteiger charge is 2.33. The lowest BCUT2D eigenvalue weighted by Crippen LogP contribution is -2.51. The van der Waals surface area contributed by atoms with Crippen LogP contribution in [0.15, 0.2) is 30.3 Å². The highest BCUT2D eigenvalue weighted by atomic mass is 16.2. The second-order valence-electron chi connectivity index (χ2n) is 6.07. The summed E-state index contributed by atoms with van der Waals surface area (Å²) >= 11 is 0. The van der Waals surface area contributed by atoms with E-state index in [2.05, 4.69) is 55.3 Å². The van der Waals surface area contributed by atoms with Gasteiger partial charge >= 0.3 is 0 Å². The molecule has 1 N–H and O–H groups in total. The molecule has 116 valence electrons. The number of hydrogen-bond acceptors (Lipinski definition) is 2. The summed E-state index contributed by atoms with van der Waals surface area (Å²) in [6, 6.07) is 10.6. The molecule has 1 aromatic carbocycles. The van der Waals surface area contributed by atoms with Crippen LogP contribution in [0.1, 0.15) is 45.2 Å². The molecule has 0 saturated carbocycles. The molecule has 1 saturated heterocycles. The topological polar surface area (TPSA) is 32.3 Å². The van der Waals surface area contributed by atoms with Crippen molar-refractivity contribution in [3.63, 3.8) is 0 Å². The summed E-state index contributed by atoms with van der Waals surface area (Å²) in [7, 11) is 0. The molecule has 1 aromatic rings. The first-order valence-electron chi connectivity index (χ1n) is 8.25. The van der Waals surface area contributed by atoms with Crippen LogP contribution < -0.4 is 5.32 Å². The van der Waals surface area contributed by atoms with Gasteiger partial charge in [-0.1, -0.05) is 51.1 Å². The number of carbonyl (C=O) groups is 1. The molecule has 3 nitrogen and oxygen atoms in total. The molecule has 1 fully saturated rings. The molecule has 0 aliphatic carbocycles. The molecule has 0 bridgehead atoms. The fourth-order valence-corrected chi connectivity index (χ4v) is 3.10. The van der Waals surface area contributed by atoms with E-state index in [9.17, 15) is 4.79 Å². The van der Waals surface area contributed by atoms with Gasteiger partial charge in [-0.05, 0) is 37.4 Å². The second kappa shape index (κ2) is 7.60. The summed E-state index contributed by atoms with van der Waals surface area (Å²) in [5.74, 6) is 0.944. The number of hydrogen-bond donors (Lipinski definition) is 1. The van der Waals surface area contributed by atoms with Crippen molar-refractivity contribution in [1.82, 2.24) is 10.2 Å². The monoisotopic (exact) mass is 288 g/mol. The Balaban J connectivity index is 2.17. The van der Waals surface area contributed by atoms with Crippen molar-refractivity contribution >= 4 is 5.91 Å². The maximum atomic E-state index is 12.9. The third-order valence-corrected chi connectivity index (χ3v) is 4.60. The quantitative estimate of drug-likeness (QED) is 0.835. The van der Waals surface area contributed by atoms with Crippen molar-refractivity contribution in [2.75, 3.05) is 19.6 Å². The summed E-state index contributed by atoms with van der Waals surface area (Å²) in [6.45, 7) is 9.21. The van der Waals surface area contributed by atoms with E-state index in [4.69, 9.17) is 0 Å². The van der Waals surface area contributed by atoms with Crippen LogP contribution in [0.2, 0.25) is 0 Å². The van der Waals surface area contributed by atoms with Crippen molar-refractivity contribution < 1.29 is 4.79 Å². The second-order valence-corrected chi connectivity index (χ2v) is 6.07. The Morgan fingerprint density at radius 3 is 2.43 bits per heavy atom. The summed E-state index contributed by atoms with van der Waals surface area (Å²) in [5, 5.41) is 3.27. The van der Waals surface area contributed by atoms with Crippen molar-refractivity contribution in [3.8, 4) is 0 Å². The van der Waals surface area contributed by atoms with Gasteiger partial charge < -0.3 is 10.2 Å². The van der Waals surface area contributed by atoms with Gasteiger partial charge in [0, 0.05) is 12.5 Å². The molecule has 2 atom stereocenters. The number of carbonyl (C=O) groups excluding carboxylic acids is 1. The summed E-state index contributed by atoms with van der Waals surface area (Å²) in [6.07, 6.45) is 1.97. The lowest BCUT2D eigenvalue weighted by molar-refractivity contribution is -0.140. The molecule has 1 amide bonds. The molecule has 0 aromatic heterocycles. The SMILES string of the molecule is CCCN(C(=O)C(C)C1CNC1)C(CC)c1ccccc1. The van der Waals surface area contributed by atoms with Gasteiger partial charge in [0.15, 0.2) is 0 Å². The number of nitrogens with zero attached hydrogens (tertiary/aromatic N) is 1. The molecule has 2 unspecified atom stereocenters. The summed E-state index contributed by atoms with van der Waals surface area (Å²) in [5.41, 5.74) is 1.25. The van der Waals surface area contributed by atoms with E-state index in [1.54, 1.807) is 0 Å². The van der Waals surface area contributed by atoms with Crippen LogP contribution in [0.3, 0.4) is 0 Å². The zero-order valence-corrected chi connectivity index (χ0v) is 13.5. The first-order valence-corrected chi connectivity index (χ1v) is 8.25. The van der Waals surface area contributed by atoms with E-state index in [0.29, 0.717) is 11.8 Å². The minimum absolute atomic E-state index is 0.121. The Morgan fingerprint density at radius 1 is 1.29 bits per heavy atom.